The minimum Gasteiger partial charge on any atom is -0.478 e. The first-order valence-electron chi connectivity index (χ1n) is 7.28. The number of Topliss-reactive ketones (excluding diaryl/α,β-unsaturated/α-hetero) is 1. The lowest BCUT2D eigenvalue weighted by atomic mass is 10.1. The van der Waals surface area contributed by atoms with Gasteiger partial charge in [0.05, 0.1) is 6.10 Å². The van der Waals surface area contributed by atoms with Crippen LogP contribution in [0.5, 0.6) is 0 Å². The van der Waals surface area contributed by atoms with Crippen LogP contribution < -0.4 is 0 Å². The molecule has 0 saturated carbocycles. The number of carbonyl (C=O) groups is 1. The number of carbonyl (C=O) groups excluding carboxylic acids is 1. The summed E-state index contributed by atoms with van der Waals surface area (Å²) in [6, 6.07) is 0. The van der Waals surface area contributed by atoms with E-state index >= 15 is 0 Å². The van der Waals surface area contributed by atoms with Crippen molar-refractivity contribution in [3.63, 3.8) is 0 Å². The first kappa shape index (κ1) is 20.3. The zero-order valence-electron chi connectivity index (χ0n) is 13.7. The number of hydrogen-bond donors (Lipinski definition) is 1. The normalized spacial score (nSPS) is 13.2. The van der Waals surface area contributed by atoms with Crippen LogP contribution in [-0.4, -0.2) is 37.7 Å². The van der Waals surface area contributed by atoms with E-state index in [0.717, 1.165) is 19.3 Å². The predicted molar refractivity (Wildman–Crippen MR) is 83.1 cm³/mol. The standard InChI is InChI=1S/C14H28NO5P/c1-6-7-8-9-12(16)13(21(17,18-4)19-5)10-14(15)20-11(2)3/h11,13,15H,6-10H2,1-5H3. The highest BCUT2D eigenvalue weighted by Gasteiger charge is 2.40. The molecule has 6 nitrogen and oxygen atoms in total. The lowest BCUT2D eigenvalue weighted by Gasteiger charge is -2.24. The quantitative estimate of drug-likeness (QED) is 0.271. The van der Waals surface area contributed by atoms with Crippen LogP contribution in [0, 0.1) is 5.41 Å². The molecule has 0 aliphatic carbocycles. The summed E-state index contributed by atoms with van der Waals surface area (Å²) in [6.07, 6.45) is 2.74. The lowest BCUT2D eigenvalue weighted by Crippen LogP contribution is -2.27. The Kier molecular flexibility index (Phi) is 9.75. The van der Waals surface area contributed by atoms with Gasteiger partial charge in [-0.15, -0.1) is 0 Å². The minimum absolute atomic E-state index is 0.0674. The van der Waals surface area contributed by atoms with E-state index < -0.39 is 13.3 Å². The first-order chi connectivity index (χ1) is 9.80. The second-order valence-electron chi connectivity index (χ2n) is 5.14. The van der Waals surface area contributed by atoms with E-state index in [-0.39, 0.29) is 24.2 Å². The molecule has 0 aromatic carbocycles. The molecule has 21 heavy (non-hydrogen) atoms. The monoisotopic (exact) mass is 321 g/mol. The Morgan fingerprint density at radius 1 is 1.19 bits per heavy atom. The molecular formula is C14H28NO5P. The van der Waals surface area contributed by atoms with Gasteiger partial charge in [0.15, 0.2) is 5.90 Å². The molecule has 0 aromatic heterocycles. The van der Waals surface area contributed by atoms with Crippen molar-refractivity contribution in [3.05, 3.63) is 0 Å². The Balaban J connectivity index is 4.97. The van der Waals surface area contributed by atoms with Gasteiger partial charge in [0.1, 0.15) is 11.4 Å². The van der Waals surface area contributed by atoms with Gasteiger partial charge in [-0.2, -0.15) is 0 Å². The number of rotatable bonds is 11. The van der Waals surface area contributed by atoms with E-state index in [9.17, 15) is 9.36 Å². The predicted octanol–water partition coefficient (Wildman–Crippen LogP) is 3.78. The summed E-state index contributed by atoms with van der Waals surface area (Å²) < 4.78 is 27.7. The Morgan fingerprint density at radius 2 is 1.76 bits per heavy atom. The summed E-state index contributed by atoms with van der Waals surface area (Å²) in [5.74, 6) is -0.277. The van der Waals surface area contributed by atoms with Crippen LogP contribution in [0.3, 0.4) is 0 Å². The maximum absolute atomic E-state index is 12.5. The molecule has 0 rings (SSSR count). The van der Waals surface area contributed by atoms with Crippen LogP contribution in [-0.2, 0) is 23.1 Å². The highest BCUT2D eigenvalue weighted by atomic mass is 31.2. The summed E-state index contributed by atoms with van der Waals surface area (Å²) >= 11 is 0. The van der Waals surface area contributed by atoms with Crippen LogP contribution in [0.1, 0.15) is 52.9 Å². The van der Waals surface area contributed by atoms with E-state index in [0.29, 0.717) is 6.42 Å². The molecule has 1 N–H and O–H groups in total. The molecule has 0 aliphatic rings. The van der Waals surface area contributed by atoms with Gasteiger partial charge >= 0.3 is 7.60 Å². The van der Waals surface area contributed by atoms with E-state index in [4.69, 9.17) is 19.2 Å². The van der Waals surface area contributed by atoms with Gasteiger partial charge in [-0.1, -0.05) is 19.8 Å². The van der Waals surface area contributed by atoms with E-state index in [1.807, 2.05) is 6.92 Å². The van der Waals surface area contributed by atoms with Gasteiger partial charge in [-0.25, -0.2) is 0 Å². The van der Waals surface area contributed by atoms with E-state index in [2.05, 4.69) is 0 Å². The number of hydrogen-bond acceptors (Lipinski definition) is 6. The average molecular weight is 321 g/mol. The fraction of sp³-hybridized carbons (Fsp3) is 0.857. The van der Waals surface area contributed by atoms with Crippen molar-refractivity contribution >= 4 is 19.3 Å². The van der Waals surface area contributed by atoms with Crippen LogP contribution in [0.15, 0.2) is 0 Å². The van der Waals surface area contributed by atoms with Gasteiger partial charge in [-0.3, -0.25) is 14.8 Å². The molecule has 124 valence electrons. The molecule has 0 saturated heterocycles. The molecule has 1 unspecified atom stereocenters. The maximum Gasteiger partial charge on any atom is 0.341 e. The van der Waals surface area contributed by atoms with Gasteiger partial charge in [0.25, 0.3) is 0 Å². The third kappa shape index (κ3) is 7.21. The van der Waals surface area contributed by atoms with Gasteiger partial charge < -0.3 is 13.8 Å². The van der Waals surface area contributed by atoms with Crippen molar-refractivity contribution in [1.82, 2.24) is 0 Å². The number of ether oxygens (including phenoxy) is 1. The lowest BCUT2D eigenvalue weighted by molar-refractivity contribution is -0.119. The Hall–Kier alpha value is -0.710. The smallest absolute Gasteiger partial charge is 0.341 e. The van der Waals surface area contributed by atoms with Gasteiger partial charge in [0, 0.05) is 27.1 Å². The minimum atomic E-state index is -3.56. The molecule has 0 radical (unpaired) electrons. The molecular weight excluding hydrogens is 293 g/mol. The first-order valence-corrected chi connectivity index (χ1v) is 8.89. The third-order valence-corrected chi connectivity index (χ3v) is 5.30. The molecule has 0 spiro atoms. The molecule has 0 aromatic rings. The topological polar surface area (TPSA) is 85.7 Å². The maximum atomic E-state index is 12.5. The number of unbranched alkanes of at least 4 members (excludes halogenated alkanes) is 2. The van der Waals surface area contributed by atoms with Crippen molar-refractivity contribution in [2.24, 2.45) is 0 Å². The zero-order valence-corrected chi connectivity index (χ0v) is 14.6. The number of ketones is 1. The van der Waals surface area contributed by atoms with Crippen molar-refractivity contribution in [2.45, 2.75) is 64.6 Å². The van der Waals surface area contributed by atoms with Gasteiger partial charge in [0.2, 0.25) is 0 Å². The summed E-state index contributed by atoms with van der Waals surface area (Å²) in [6.45, 7) is 5.63. The highest BCUT2D eigenvalue weighted by molar-refractivity contribution is 7.55. The summed E-state index contributed by atoms with van der Waals surface area (Å²) in [4.78, 5) is 12.3. The Morgan fingerprint density at radius 3 is 2.19 bits per heavy atom. The van der Waals surface area contributed by atoms with Crippen molar-refractivity contribution < 1.29 is 23.1 Å². The summed E-state index contributed by atoms with van der Waals surface area (Å²) in [5, 5.41) is 7.78. The second kappa shape index (κ2) is 10.1. The summed E-state index contributed by atoms with van der Waals surface area (Å²) in [7, 11) is -1.06. The fourth-order valence-electron chi connectivity index (χ4n) is 1.96. The molecule has 0 aliphatic heterocycles. The molecule has 0 heterocycles. The molecule has 0 amide bonds. The third-order valence-electron chi connectivity index (χ3n) is 3.05. The van der Waals surface area contributed by atoms with Crippen LogP contribution >= 0.6 is 7.60 Å². The molecule has 0 fully saturated rings. The van der Waals surface area contributed by atoms with Crippen molar-refractivity contribution in [3.8, 4) is 0 Å². The van der Waals surface area contributed by atoms with Gasteiger partial charge in [-0.05, 0) is 20.3 Å². The second-order valence-corrected chi connectivity index (χ2v) is 7.57. The summed E-state index contributed by atoms with van der Waals surface area (Å²) in [5.41, 5.74) is -0.976. The van der Waals surface area contributed by atoms with Crippen molar-refractivity contribution in [1.29, 1.82) is 5.41 Å². The SMILES string of the molecule is CCCCCC(=O)C(CC(=N)OC(C)C)P(=O)(OC)OC. The highest BCUT2D eigenvalue weighted by Crippen LogP contribution is 2.53. The van der Waals surface area contributed by atoms with Crippen LogP contribution in [0.25, 0.3) is 0 Å². The number of nitrogens with one attached hydrogen (secondary N) is 1. The van der Waals surface area contributed by atoms with Crippen LogP contribution in [0.4, 0.5) is 0 Å². The largest absolute Gasteiger partial charge is 0.478 e. The average Bonchev–Trinajstić information content (AvgIpc) is 2.43. The van der Waals surface area contributed by atoms with Crippen LogP contribution in [0.2, 0.25) is 0 Å². The van der Waals surface area contributed by atoms with Crippen molar-refractivity contribution in [2.75, 3.05) is 14.2 Å². The zero-order chi connectivity index (χ0) is 16.5. The van der Waals surface area contributed by atoms with E-state index in [1.54, 1.807) is 13.8 Å². The Labute approximate surface area is 127 Å². The molecule has 1 atom stereocenters. The molecule has 0 bridgehead atoms. The Bertz CT molecular complexity index is 376. The fourth-order valence-corrected chi connectivity index (χ4v) is 3.48. The molecule has 7 heteroatoms. The van der Waals surface area contributed by atoms with E-state index in [1.165, 1.54) is 14.2 Å².